The number of hydrogen-bond donors (Lipinski definition) is 0. The number of benzene rings is 1. The summed E-state index contributed by atoms with van der Waals surface area (Å²) in [5.74, 6) is 0. The van der Waals surface area contributed by atoms with E-state index in [1.807, 2.05) is 0 Å². The molecule has 1 fully saturated rings. The Morgan fingerprint density at radius 3 is 3.00 bits per heavy atom. The minimum Gasteiger partial charge on any atom is -0.343 e. The summed E-state index contributed by atoms with van der Waals surface area (Å²) in [7, 11) is 2.24. The number of likely N-dealkylation sites (tertiary alicyclic amines) is 1. The van der Waals surface area contributed by atoms with Gasteiger partial charge in [0.15, 0.2) is 0 Å². The molecule has 0 aliphatic carbocycles. The van der Waals surface area contributed by atoms with Crippen LogP contribution in [0.1, 0.15) is 25.3 Å². The first-order valence-corrected chi connectivity index (χ1v) is 7.48. The third-order valence-electron chi connectivity index (χ3n) is 3.93. The van der Waals surface area contributed by atoms with Crippen LogP contribution < -0.4 is 0 Å². The molecule has 1 unspecified atom stereocenters. The van der Waals surface area contributed by atoms with Crippen LogP contribution in [0.3, 0.4) is 0 Å². The Morgan fingerprint density at radius 2 is 2.11 bits per heavy atom. The predicted molar refractivity (Wildman–Crippen MR) is 80.0 cm³/mol. The maximum atomic E-state index is 3.58. The number of aromatic nitrogens is 1. The van der Waals surface area contributed by atoms with Crippen molar-refractivity contribution in [2.75, 3.05) is 20.1 Å². The van der Waals surface area contributed by atoms with Gasteiger partial charge in [-0.2, -0.15) is 0 Å². The molecule has 1 aliphatic heterocycles. The number of halogens is 1. The van der Waals surface area contributed by atoms with Crippen molar-refractivity contribution >= 4 is 26.8 Å². The van der Waals surface area contributed by atoms with Crippen LogP contribution in [-0.4, -0.2) is 29.6 Å². The van der Waals surface area contributed by atoms with Crippen molar-refractivity contribution in [3.63, 3.8) is 0 Å². The van der Waals surface area contributed by atoms with Crippen molar-refractivity contribution in [3.8, 4) is 0 Å². The lowest BCUT2D eigenvalue weighted by atomic mass is 10.1. The average molecular weight is 307 g/mol. The monoisotopic (exact) mass is 306 g/mol. The second-order valence-electron chi connectivity index (χ2n) is 5.34. The molecule has 2 nitrogen and oxygen atoms in total. The molecular formula is C15H19BrN2. The van der Waals surface area contributed by atoms with E-state index in [1.165, 1.54) is 36.7 Å². The summed E-state index contributed by atoms with van der Waals surface area (Å²) < 4.78 is 3.62. The molecule has 1 aliphatic rings. The lowest BCUT2D eigenvalue weighted by Gasteiger charge is -2.22. The molecule has 0 saturated carbocycles. The maximum absolute atomic E-state index is 3.58. The van der Waals surface area contributed by atoms with E-state index >= 15 is 0 Å². The summed E-state index contributed by atoms with van der Waals surface area (Å²) >= 11 is 3.58. The fourth-order valence-corrected chi connectivity index (χ4v) is 3.32. The van der Waals surface area contributed by atoms with E-state index in [4.69, 9.17) is 0 Å². The van der Waals surface area contributed by atoms with Gasteiger partial charge in [0.25, 0.3) is 0 Å². The highest BCUT2D eigenvalue weighted by Crippen LogP contribution is 2.28. The van der Waals surface area contributed by atoms with Crippen LogP contribution in [-0.2, 0) is 0 Å². The largest absolute Gasteiger partial charge is 0.343 e. The Kier molecular flexibility index (Phi) is 3.44. The molecule has 18 heavy (non-hydrogen) atoms. The molecule has 0 spiro atoms. The molecule has 0 radical (unpaired) electrons. The second kappa shape index (κ2) is 5.06. The van der Waals surface area contributed by atoms with Gasteiger partial charge in [0.1, 0.15) is 0 Å². The van der Waals surface area contributed by atoms with Crippen LogP contribution in [0.2, 0.25) is 0 Å². The smallest absolute Gasteiger partial charge is 0.0494 e. The van der Waals surface area contributed by atoms with E-state index < -0.39 is 0 Å². The van der Waals surface area contributed by atoms with Gasteiger partial charge in [-0.1, -0.05) is 28.4 Å². The number of nitrogens with zero attached hydrogens (tertiary/aromatic N) is 2. The molecule has 0 amide bonds. The zero-order chi connectivity index (χ0) is 12.5. The molecule has 96 valence electrons. The van der Waals surface area contributed by atoms with Crippen LogP contribution >= 0.6 is 15.9 Å². The molecule has 1 aromatic heterocycles. The fourth-order valence-electron chi connectivity index (χ4n) is 2.97. The first-order valence-electron chi connectivity index (χ1n) is 6.69. The average Bonchev–Trinajstić information content (AvgIpc) is 2.64. The SMILES string of the molecule is CN1CCCCC(n2ccc3ccc(Br)cc32)C1. The Balaban J connectivity index is 1.99. The molecule has 3 rings (SSSR count). The van der Waals surface area contributed by atoms with Crippen LogP contribution in [0.25, 0.3) is 10.9 Å². The minimum atomic E-state index is 0.615. The van der Waals surface area contributed by atoms with Gasteiger partial charge in [-0.05, 0) is 50.0 Å². The fraction of sp³-hybridized carbons (Fsp3) is 0.467. The van der Waals surface area contributed by atoms with Gasteiger partial charge in [0.05, 0.1) is 0 Å². The molecular weight excluding hydrogens is 288 g/mol. The highest BCUT2D eigenvalue weighted by Gasteiger charge is 2.18. The van der Waals surface area contributed by atoms with E-state index in [1.54, 1.807) is 0 Å². The quantitative estimate of drug-likeness (QED) is 0.771. The minimum absolute atomic E-state index is 0.615. The number of hydrogen-bond acceptors (Lipinski definition) is 1. The molecule has 1 saturated heterocycles. The highest BCUT2D eigenvalue weighted by atomic mass is 79.9. The van der Waals surface area contributed by atoms with E-state index in [9.17, 15) is 0 Å². The van der Waals surface area contributed by atoms with Crippen LogP contribution in [0.4, 0.5) is 0 Å². The summed E-state index contributed by atoms with van der Waals surface area (Å²) in [6, 6.07) is 9.39. The molecule has 2 heterocycles. The van der Waals surface area contributed by atoms with Gasteiger partial charge < -0.3 is 9.47 Å². The summed E-state index contributed by atoms with van der Waals surface area (Å²) in [5, 5.41) is 1.34. The van der Waals surface area contributed by atoms with Gasteiger partial charge in [-0.15, -0.1) is 0 Å². The summed E-state index contributed by atoms with van der Waals surface area (Å²) in [6.45, 7) is 2.40. The van der Waals surface area contributed by atoms with E-state index in [0.717, 1.165) is 11.0 Å². The van der Waals surface area contributed by atoms with Gasteiger partial charge in [0, 0.05) is 28.8 Å². The van der Waals surface area contributed by atoms with Gasteiger partial charge in [-0.3, -0.25) is 0 Å². The lowest BCUT2D eigenvalue weighted by molar-refractivity contribution is 0.301. The van der Waals surface area contributed by atoms with E-state index in [0.29, 0.717) is 6.04 Å². The van der Waals surface area contributed by atoms with Gasteiger partial charge in [-0.25, -0.2) is 0 Å². The third kappa shape index (κ3) is 2.34. The molecule has 0 bridgehead atoms. The normalized spacial score (nSPS) is 22.2. The second-order valence-corrected chi connectivity index (χ2v) is 6.25. The Morgan fingerprint density at radius 1 is 1.22 bits per heavy atom. The summed E-state index contributed by atoms with van der Waals surface area (Å²) in [6.07, 6.45) is 6.21. The number of likely N-dealkylation sites (N-methyl/N-ethyl adjacent to an activating group) is 1. The first kappa shape index (κ1) is 12.2. The number of rotatable bonds is 1. The highest BCUT2D eigenvalue weighted by molar-refractivity contribution is 9.10. The van der Waals surface area contributed by atoms with Gasteiger partial charge in [0.2, 0.25) is 0 Å². The molecule has 1 atom stereocenters. The molecule has 2 aromatic rings. The van der Waals surface area contributed by atoms with Crippen molar-refractivity contribution in [1.29, 1.82) is 0 Å². The topological polar surface area (TPSA) is 8.17 Å². The lowest BCUT2D eigenvalue weighted by Crippen LogP contribution is -2.25. The van der Waals surface area contributed by atoms with Crippen LogP contribution in [0.5, 0.6) is 0 Å². The van der Waals surface area contributed by atoms with Crippen molar-refractivity contribution in [2.45, 2.75) is 25.3 Å². The van der Waals surface area contributed by atoms with Crippen molar-refractivity contribution in [3.05, 3.63) is 34.9 Å². The van der Waals surface area contributed by atoms with E-state index in [-0.39, 0.29) is 0 Å². The Labute approximate surface area is 117 Å². The Hall–Kier alpha value is -0.800. The summed E-state index contributed by atoms with van der Waals surface area (Å²) in [5.41, 5.74) is 1.35. The van der Waals surface area contributed by atoms with Crippen LogP contribution in [0, 0.1) is 0 Å². The zero-order valence-electron chi connectivity index (χ0n) is 10.8. The van der Waals surface area contributed by atoms with Crippen molar-refractivity contribution in [2.24, 2.45) is 0 Å². The number of fused-ring (bicyclic) bond motifs is 1. The van der Waals surface area contributed by atoms with Crippen molar-refractivity contribution < 1.29 is 0 Å². The van der Waals surface area contributed by atoms with Gasteiger partial charge >= 0.3 is 0 Å². The molecule has 0 N–H and O–H groups in total. The molecule has 1 aromatic carbocycles. The zero-order valence-corrected chi connectivity index (χ0v) is 12.4. The summed E-state index contributed by atoms with van der Waals surface area (Å²) in [4.78, 5) is 2.46. The Bertz CT molecular complexity index is 546. The van der Waals surface area contributed by atoms with Crippen molar-refractivity contribution in [1.82, 2.24) is 9.47 Å². The maximum Gasteiger partial charge on any atom is 0.0494 e. The third-order valence-corrected chi connectivity index (χ3v) is 4.42. The standard InChI is InChI=1S/C15H19BrN2/c1-17-8-3-2-4-14(11-17)18-9-7-12-5-6-13(16)10-15(12)18/h5-7,9-10,14H,2-4,8,11H2,1H3. The van der Waals surface area contributed by atoms with E-state index in [2.05, 4.69) is 62.9 Å². The molecule has 3 heteroatoms. The predicted octanol–water partition coefficient (Wildman–Crippen LogP) is 4.06. The van der Waals surface area contributed by atoms with Crippen LogP contribution in [0.15, 0.2) is 34.9 Å². The first-order chi connectivity index (χ1) is 8.74.